The van der Waals surface area contributed by atoms with Gasteiger partial charge in [0.15, 0.2) is 0 Å². The summed E-state index contributed by atoms with van der Waals surface area (Å²) in [7, 11) is 0. The van der Waals surface area contributed by atoms with Crippen LogP contribution in [0.1, 0.15) is 32.6 Å². The second kappa shape index (κ2) is 9.46. The number of piperidine rings is 2. The lowest BCUT2D eigenvalue weighted by atomic mass is 9.99. The number of para-hydroxylation sites is 1. The average Bonchev–Trinajstić information content (AvgIpc) is 3.25. The van der Waals surface area contributed by atoms with Crippen LogP contribution in [0.2, 0.25) is 0 Å². The van der Waals surface area contributed by atoms with Crippen molar-refractivity contribution in [1.82, 2.24) is 15.2 Å². The molecule has 0 saturated carbocycles. The summed E-state index contributed by atoms with van der Waals surface area (Å²) in [5, 5.41) is 5.10. The van der Waals surface area contributed by atoms with Crippen molar-refractivity contribution >= 4 is 16.6 Å². The molecule has 3 heterocycles. The lowest BCUT2D eigenvalue weighted by molar-refractivity contribution is 0.190. The Morgan fingerprint density at radius 2 is 1.71 bits per heavy atom. The van der Waals surface area contributed by atoms with Gasteiger partial charge in [0.25, 0.3) is 0 Å². The van der Waals surface area contributed by atoms with Gasteiger partial charge in [0.05, 0.1) is 0 Å². The molecule has 0 aliphatic carbocycles. The van der Waals surface area contributed by atoms with Crippen molar-refractivity contribution in [1.29, 1.82) is 0 Å². The maximum atomic E-state index is 3.83. The number of H-pyrrole nitrogens is 1. The van der Waals surface area contributed by atoms with E-state index < -0.39 is 0 Å². The summed E-state index contributed by atoms with van der Waals surface area (Å²) >= 11 is 0. The van der Waals surface area contributed by atoms with Crippen LogP contribution in [0, 0.1) is 5.92 Å². The predicted molar refractivity (Wildman–Crippen MR) is 132 cm³/mol. The molecule has 2 aliphatic rings. The summed E-state index contributed by atoms with van der Waals surface area (Å²) in [6.07, 6.45) is 5.20. The van der Waals surface area contributed by atoms with Gasteiger partial charge in [-0.1, -0.05) is 37.3 Å². The van der Waals surface area contributed by atoms with Crippen molar-refractivity contribution in [2.75, 3.05) is 44.2 Å². The van der Waals surface area contributed by atoms with Crippen molar-refractivity contribution < 1.29 is 0 Å². The zero-order valence-corrected chi connectivity index (χ0v) is 18.8. The molecule has 2 aromatic carbocycles. The number of anilines is 1. The Bertz CT molecular complexity index is 945. The lowest BCUT2D eigenvalue weighted by Crippen LogP contribution is -2.45. The van der Waals surface area contributed by atoms with E-state index in [4.69, 9.17) is 0 Å². The van der Waals surface area contributed by atoms with Gasteiger partial charge in [-0.15, -0.1) is 0 Å². The highest BCUT2D eigenvalue weighted by molar-refractivity contribution is 5.86. The fraction of sp³-hybridized carbons (Fsp3) is 0.481. The first kappa shape index (κ1) is 20.6. The molecule has 0 spiro atoms. The number of nitrogens with zero attached hydrogens (tertiary/aromatic N) is 2. The van der Waals surface area contributed by atoms with E-state index in [-0.39, 0.29) is 0 Å². The summed E-state index contributed by atoms with van der Waals surface area (Å²) in [5.41, 5.74) is 5.02. The number of aromatic nitrogens is 1. The summed E-state index contributed by atoms with van der Waals surface area (Å²) in [4.78, 5) is 8.76. The highest BCUT2D eigenvalue weighted by Gasteiger charge is 2.20. The topological polar surface area (TPSA) is 34.3 Å². The molecule has 2 fully saturated rings. The van der Waals surface area contributed by atoms with Crippen molar-refractivity contribution in [2.24, 2.45) is 5.92 Å². The third-order valence-corrected chi connectivity index (χ3v) is 7.28. The van der Waals surface area contributed by atoms with Crippen LogP contribution in [0.15, 0.2) is 54.6 Å². The summed E-state index contributed by atoms with van der Waals surface area (Å²) in [6, 6.07) is 20.4. The Morgan fingerprint density at radius 1 is 0.903 bits per heavy atom. The quantitative estimate of drug-likeness (QED) is 0.585. The number of hydrogen-bond donors (Lipinski definition) is 2. The minimum atomic E-state index is 0.664. The smallest absolute Gasteiger partial charge is 0.0465 e. The summed E-state index contributed by atoms with van der Waals surface area (Å²) in [6.45, 7) is 9.57. The van der Waals surface area contributed by atoms with E-state index in [0.29, 0.717) is 6.04 Å². The number of aromatic amines is 1. The first-order chi connectivity index (χ1) is 15.2. The van der Waals surface area contributed by atoms with Crippen molar-refractivity contribution in [3.63, 3.8) is 0 Å². The number of hydrogen-bond acceptors (Lipinski definition) is 3. The van der Waals surface area contributed by atoms with E-state index in [2.05, 4.69) is 81.6 Å². The van der Waals surface area contributed by atoms with Crippen LogP contribution in [0.25, 0.3) is 22.2 Å². The Labute approximate surface area is 186 Å². The van der Waals surface area contributed by atoms with E-state index in [1.807, 2.05) is 0 Å². The van der Waals surface area contributed by atoms with Crippen LogP contribution in [0.5, 0.6) is 0 Å². The average molecular weight is 417 g/mol. The Kier molecular flexibility index (Phi) is 6.28. The van der Waals surface area contributed by atoms with Gasteiger partial charge in [-0.05, 0) is 74.5 Å². The molecular formula is C27H36N4. The molecule has 164 valence electrons. The van der Waals surface area contributed by atoms with Crippen LogP contribution in [0.4, 0.5) is 5.69 Å². The number of rotatable bonds is 6. The van der Waals surface area contributed by atoms with Crippen LogP contribution >= 0.6 is 0 Å². The molecule has 4 nitrogen and oxygen atoms in total. The molecule has 2 N–H and O–H groups in total. The van der Waals surface area contributed by atoms with Crippen molar-refractivity contribution in [3.8, 4) is 11.3 Å². The molecule has 4 heteroatoms. The lowest BCUT2D eigenvalue weighted by Gasteiger charge is -2.35. The summed E-state index contributed by atoms with van der Waals surface area (Å²) < 4.78 is 0. The minimum absolute atomic E-state index is 0.664. The van der Waals surface area contributed by atoms with Gasteiger partial charge in [0.1, 0.15) is 0 Å². The first-order valence-corrected chi connectivity index (χ1v) is 12.1. The molecule has 3 aromatic rings. The van der Waals surface area contributed by atoms with E-state index in [9.17, 15) is 0 Å². The number of nitrogens with one attached hydrogen (secondary N) is 2. The third-order valence-electron chi connectivity index (χ3n) is 7.28. The van der Waals surface area contributed by atoms with Gasteiger partial charge in [-0.2, -0.15) is 0 Å². The second-order valence-electron chi connectivity index (χ2n) is 9.56. The van der Waals surface area contributed by atoms with Crippen LogP contribution in [-0.2, 0) is 0 Å². The third kappa shape index (κ3) is 4.97. The van der Waals surface area contributed by atoms with Gasteiger partial charge < -0.3 is 20.1 Å². The predicted octanol–water partition coefficient (Wildman–Crippen LogP) is 5.13. The minimum Gasteiger partial charge on any atom is -0.371 e. The maximum Gasteiger partial charge on any atom is 0.0465 e. The van der Waals surface area contributed by atoms with E-state index in [1.54, 1.807) is 0 Å². The molecule has 5 rings (SSSR count). The van der Waals surface area contributed by atoms with Gasteiger partial charge in [0.2, 0.25) is 0 Å². The van der Waals surface area contributed by atoms with E-state index in [0.717, 1.165) is 25.6 Å². The van der Waals surface area contributed by atoms with Gasteiger partial charge in [-0.3, -0.25) is 0 Å². The van der Waals surface area contributed by atoms with E-state index >= 15 is 0 Å². The largest absolute Gasteiger partial charge is 0.371 e. The monoisotopic (exact) mass is 416 g/mol. The zero-order chi connectivity index (χ0) is 21.0. The highest BCUT2D eigenvalue weighted by atomic mass is 15.2. The molecule has 2 aliphatic heterocycles. The van der Waals surface area contributed by atoms with Crippen molar-refractivity contribution in [3.05, 3.63) is 54.6 Å². The standard InChI is InChI=1S/C27H36N4/c1-21-9-14-30(15-10-21)18-13-28-24-11-16-31(17-12-24)25-7-4-6-22(19-25)27-20-23-5-2-3-8-26(23)29-27/h2-8,19-21,24,28-29H,9-18H2,1H3. The second-order valence-corrected chi connectivity index (χ2v) is 9.56. The van der Waals surface area contributed by atoms with Crippen LogP contribution in [0.3, 0.4) is 0 Å². The SMILES string of the molecule is CC1CCN(CCNC2CCN(c3cccc(-c4cc5ccccc5[nH]4)c3)CC2)CC1. The number of likely N-dealkylation sites (tertiary alicyclic amines) is 1. The molecule has 0 atom stereocenters. The molecule has 0 bridgehead atoms. The molecule has 2 saturated heterocycles. The fourth-order valence-electron chi connectivity index (χ4n) is 5.15. The van der Waals surface area contributed by atoms with Crippen LogP contribution < -0.4 is 10.2 Å². The number of benzene rings is 2. The molecule has 1 aromatic heterocycles. The maximum absolute atomic E-state index is 3.83. The Balaban J connectivity index is 1.13. The molecule has 0 amide bonds. The van der Waals surface area contributed by atoms with Gasteiger partial charge in [-0.25, -0.2) is 0 Å². The van der Waals surface area contributed by atoms with E-state index in [1.165, 1.54) is 73.2 Å². The highest BCUT2D eigenvalue weighted by Crippen LogP contribution is 2.28. The molecule has 31 heavy (non-hydrogen) atoms. The molecule has 0 radical (unpaired) electrons. The van der Waals surface area contributed by atoms with Gasteiger partial charge in [0, 0.05) is 54.5 Å². The van der Waals surface area contributed by atoms with Crippen LogP contribution in [-0.4, -0.2) is 55.2 Å². The van der Waals surface area contributed by atoms with Crippen molar-refractivity contribution in [2.45, 2.75) is 38.6 Å². The zero-order valence-electron chi connectivity index (χ0n) is 18.8. The molecule has 0 unspecified atom stereocenters. The summed E-state index contributed by atoms with van der Waals surface area (Å²) in [5.74, 6) is 0.920. The first-order valence-electron chi connectivity index (χ1n) is 12.1. The van der Waals surface area contributed by atoms with Gasteiger partial charge >= 0.3 is 0 Å². The molecular weight excluding hydrogens is 380 g/mol. The normalized spacial score (nSPS) is 19.3. The number of fused-ring (bicyclic) bond motifs is 1. The fourth-order valence-corrected chi connectivity index (χ4v) is 5.15. The Morgan fingerprint density at radius 3 is 2.52 bits per heavy atom. The Hall–Kier alpha value is -2.30.